The van der Waals surface area contributed by atoms with Gasteiger partial charge in [0.25, 0.3) is 0 Å². The molecule has 33 heavy (non-hydrogen) atoms. The molecule has 2 unspecified atom stereocenters. The van der Waals surface area contributed by atoms with Gasteiger partial charge >= 0.3 is 12.1 Å². The van der Waals surface area contributed by atoms with Crippen LogP contribution >= 0.6 is 0 Å². The molecule has 0 saturated carbocycles. The van der Waals surface area contributed by atoms with E-state index in [1.807, 2.05) is 31.2 Å². The minimum Gasteiger partial charge on any atom is -0.480 e. The van der Waals surface area contributed by atoms with E-state index in [2.05, 4.69) is 29.6 Å². The van der Waals surface area contributed by atoms with Crippen molar-refractivity contribution < 1.29 is 24.2 Å². The van der Waals surface area contributed by atoms with Gasteiger partial charge in [0.15, 0.2) is 0 Å². The summed E-state index contributed by atoms with van der Waals surface area (Å²) < 4.78 is 5.59. The molecule has 2 amide bonds. The standard InChI is InChI=1S/C26H30N2O5/c1-3-17(15-23(29)28-14-8-13-26(28,2)24(30)31)27-25(32)33-16-22-20-11-6-4-9-18(20)19-10-5-7-12-21(19)22/h4-7,9-12,17,22H,3,8,13-16H2,1-2H3,(H,27,32)(H,30,31). The van der Waals surface area contributed by atoms with Gasteiger partial charge in [0.1, 0.15) is 12.1 Å². The number of carboxylic acid groups (broad SMARTS) is 1. The Morgan fingerprint density at radius 1 is 1.12 bits per heavy atom. The molecule has 1 aliphatic carbocycles. The van der Waals surface area contributed by atoms with E-state index < -0.39 is 23.6 Å². The van der Waals surface area contributed by atoms with Gasteiger partial charge in [-0.2, -0.15) is 0 Å². The van der Waals surface area contributed by atoms with Crippen molar-refractivity contribution in [3.63, 3.8) is 0 Å². The largest absolute Gasteiger partial charge is 0.480 e. The highest BCUT2D eigenvalue weighted by molar-refractivity contribution is 5.88. The highest BCUT2D eigenvalue weighted by atomic mass is 16.5. The number of hydrogen-bond donors (Lipinski definition) is 2. The molecule has 0 bridgehead atoms. The molecule has 4 rings (SSSR count). The van der Waals surface area contributed by atoms with Crippen molar-refractivity contribution in [2.45, 2.75) is 57.0 Å². The highest BCUT2D eigenvalue weighted by Crippen LogP contribution is 2.44. The summed E-state index contributed by atoms with van der Waals surface area (Å²) in [7, 11) is 0. The molecule has 2 N–H and O–H groups in total. The number of carboxylic acids is 1. The highest BCUT2D eigenvalue weighted by Gasteiger charge is 2.46. The van der Waals surface area contributed by atoms with Gasteiger partial charge in [-0.05, 0) is 48.4 Å². The zero-order chi connectivity index (χ0) is 23.6. The summed E-state index contributed by atoms with van der Waals surface area (Å²) in [4.78, 5) is 38.5. The Bertz CT molecular complexity index is 1020. The van der Waals surface area contributed by atoms with Crippen LogP contribution in [-0.4, -0.2) is 52.7 Å². The number of likely N-dealkylation sites (tertiary alicyclic amines) is 1. The molecule has 2 aromatic carbocycles. The van der Waals surface area contributed by atoms with E-state index in [0.717, 1.165) is 22.3 Å². The second-order valence-electron chi connectivity index (χ2n) is 9.01. The maximum atomic E-state index is 12.8. The normalized spacial score (nSPS) is 20.1. The molecule has 174 valence electrons. The number of fused-ring (bicyclic) bond motifs is 3. The summed E-state index contributed by atoms with van der Waals surface area (Å²) in [6.45, 7) is 4.08. The molecular formula is C26H30N2O5. The Kier molecular flexibility index (Phi) is 6.40. The number of nitrogens with one attached hydrogen (secondary N) is 1. The Morgan fingerprint density at radius 2 is 1.73 bits per heavy atom. The van der Waals surface area contributed by atoms with E-state index in [1.165, 1.54) is 4.90 Å². The molecule has 0 spiro atoms. The second kappa shape index (κ2) is 9.25. The van der Waals surface area contributed by atoms with Crippen molar-refractivity contribution >= 4 is 18.0 Å². The first kappa shape index (κ1) is 22.8. The first-order valence-corrected chi connectivity index (χ1v) is 11.5. The fourth-order valence-electron chi connectivity index (χ4n) is 5.01. The molecule has 2 atom stereocenters. The van der Waals surface area contributed by atoms with Crippen LogP contribution in [0.15, 0.2) is 48.5 Å². The molecule has 7 heteroatoms. The summed E-state index contributed by atoms with van der Waals surface area (Å²) in [5.74, 6) is -1.29. The molecule has 1 saturated heterocycles. The number of rotatable bonds is 7. The van der Waals surface area contributed by atoms with Crippen LogP contribution in [0.25, 0.3) is 11.1 Å². The number of alkyl carbamates (subject to hydrolysis) is 1. The van der Waals surface area contributed by atoms with Crippen LogP contribution in [0, 0.1) is 0 Å². The molecule has 1 fully saturated rings. The van der Waals surface area contributed by atoms with Crippen molar-refractivity contribution in [1.29, 1.82) is 0 Å². The van der Waals surface area contributed by atoms with Crippen molar-refractivity contribution in [3.8, 4) is 11.1 Å². The lowest BCUT2D eigenvalue weighted by Gasteiger charge is -2.32. The third-order valence-electron chi connectivity index (χ3n) is 6.98. The molecular weight excluding hydrogens is 420 g/mol. The van der Waals surface area contributed by atoms with E-state index >= 15 is 0 Å². The Hall–Kier alpha value is -3.35. The first-order chi connectivity index (χ1) is 15.8. The number of aliphatic carboxylic acids is 1. The van der Waals surface area contributed by atoms with Crippen molar-refractivity contribution in [1.82, 2.24) is 10.2 Å². The van der Waals surface area contributed by atoms with Gasteiger partial charge in [0, 0.05) is 24.9 Å². The van der Waals surface area contributed by atoms with Crippen LogP contribution < -0.4 is 5.32 Å². The number of carbonyl (C=O) groups is 3. The van der Waals surface area contributed by atoms with Gasteiger partial charge in [-0.15, -0.1) is 0 Å². The summed E-state index contributed by atoms with van der Waals surface area (Å²) in [5, 5.41) is 12.4. The maximum absolute atomic E-state index is 12.8. The SMILES string of the molecule is CCC(CC(=O)N1CCCC1(C)C(=O)O)NC(=O)OCC1c2ccccc2-c2ccccc21. The predicted molar refractivity (Wildman–Crippen MR) is 124 cm³/mol. The van der Waals surface area contributed by atoms with Gasteiger partial charge in [-0.25, -0.2) is 9.59 Å². The molecule has 1 aliphatic heterocycles. The lowest BCUT2D eigenvalue weighted by molar-refractivity contribution is -0.155. The molecule has 0 radical (unpaired) electrons. The average Bonchev–Trinajstić information content (AvgIpc) is 3.36. The fraction of sp³-hybridized carbons (Fsp3) is 0.423. The summed E-state index contributed by atoms with van der Waals surface area (Å²) in [6.07, 6.45) is 1.10. The molecule has 7 nitrogen and oxygen atoms in total. The minimum atomic E-state index is -1.18. The predicted octanol–water partition coefficient (Wildman–Crippen LogP) is 4.16. The third-order valence-corrected chi connectivity index (χ3v) is 6.98. The van der Waals surface area contributed by atoms with E-state index in [0.29, 0.717) is 25.8 Å². The lowest BCUT2D eigenvalue weighted by Crippen LogP contribution is -2.52. The molecule has 0 aromatic heterocycles. The van der Waals surface area contributed by atoms with Crippen LogP contribution in [0.4, 0.5) is 4.79 Å². The number of amides is 2. The van der Waals surface area contributed by atoms with E-state index in [-0.39, 0.29) is 24.9 Å². The Morgan fingerprint density at radius 3 is 2.30 bits per heavy atom. The average molecular weight is 451 g/mol. The number of benzene rings is 2. The van der Waals surface area contributed by atoms with Crippen LogP contribution in [0.1, 0.15) is 56.6 Å². The van der Waals surface area contributed by atoms with Crippen LogP contribution in [0.2, 0.25) is 0 Å². The number of nitrogens with zero attached hydrogens (tertiary/aromatic N) is 1. The van der Waals surface area contributed by atoms with Crippen molar-refractivity contribution in [2.24, 2.45) is 0 Å². The molecule has 2 aromatic rings. The Labute approximate surface area is 193 Å². The maximum Gasteiger partial charge on any atom is 0.407 e. The smallest absolute Gasteiger partial charge is 0.407 e. The van der Waals surface area contributed by atoms with E-state index in [4.69, 9.17) is 4.74 Å². The summed E-state index contributed by atoms with van der Waals surface area (Å²) in [5.41, 5.74) is 3.41. The lowest BCUT2D eigenvalue weighted by atomic mass is 9.98. The van der Waals surface area contributed by atoms with Crippen molar-refractivity contribution in [2.75, 3.05) is 13.2 Å². The zero-order valence-corrected chi connectivity index (χ0v) is 19.0. The Balaban J connectivity index is 1.37. The third kappa shape index (κ3) is 4.32. The van der Waals surface area contributed by atoms with E-state index in [1.54, 1.807) is 6.92 Å². The van der Waals surface area contributed by atoms with Gasteiger partial charge in [0.2, 0.25) is 5.91 Å². The van der Waals surface area contributed by atoms with E-state index in [9.17, 15) is 19.5 Å². The molecule has 1 heterocycles. The van der Waals surface area contributed by atoms with Gasteiger partial charge in [-0.1, -0.05) is 55.5 Å². The monoisotopic (exact) mass is 450 g/mol. The fourth-order valence-corrected chi connectivity index (χ4v) is 5.01. The van der Waals surface area contributed by atoms with Crippen LogP contribution in [0.5, 0.6) is 0 Å². The van der Waals surface area contributed by atoms with Gasteiger partial charge < -0.3 is 20.1 Å². The van der Waals surface area contributed by atoms with Crippen molar-refractivity contribution in [3.05, 3.63) is 59.7 Å². The quantitative estimate of drug-likeness (QED) is 0.660. The zero-order valence-electron chi connectivity index (χ0n) is 19.0. The minimum absolute atomic E-state index is 0.0364. The van der Waals surface area contributed by atoms with Crippen LogP contribution in [0.3, 0.4) is 0 Å². The number of ether oxygens (including phenoxy) is 1. The summed E-state index contributed by atoms with van der Waals surface area (Å²) in [6, 6.07) is 15.8. The summed E-state index contributed by atoms with van der Waals surface area (Å²) >= 11 is 0. The van der Waals surface area contributed by atoms with Gasteiger partial charge in [0.05, 0.1) is 0 Å². The number of carbonyl (C=O) groups excluding carboxylic acids is 2. The number of hydrogen-bond acceptors (Lipinski definition) is 4. The van der Waals surface area contributed by atoms with Gasteiger partial charge in [-0.3, -0.25) is 4.79 Å². The molecule has 2 aliphatic rings. The first-order valence-electron chi connectivity index (χ1n) is 11.5. The topological polar surface area (TPSA) is 95.9 Å². The van der Waals surface area contributed by atoms with Crippen LogP contribution in [-0.2, 0) is 14.3 Å². The second-order valence-corrected chi connectivity index (χ2v) is 9.01.